The van der Waals surface area contributed by atoms with Gasteiger partial charge in [-0.3, -0.25) is 0 Å². The fourth-order valence-corrected chi connectivity index (χ4v) is 4.03. The fourth-order valence-electron chi connectivity index (χ4n) is 4.03. The zero-order chi connectivity index (χ0) is 12.1. The summed E-state index contributed by atoms with van der Waals surface area (Å²) in [6, 6.07) is 0. The van der Waals surface area contributed by atoms with Gasteiger partial charge in [0.15, 0.2) is 0 Å². The Kier molecular flexibility index (Phi) is 2.78. The van der Waals surface area contributed by atoms with E-state index in [1.54, 1.807) is 0 Å². The van der Waals surface area contributed by atoms with E-state index >= 15 is 0 Å². The van der Waals surface area contributed by atoms with Crippen molar-refractivity contribution in [2.45, 2.75) is 33.6 Å². The largest absolute Gasteiger partial charge is 0.396 e. The lowest BCUT2D eigenvalue weighted by Gasteiger charge is -2.43. The molecule has 0 spiro atoms. The number of hydrogen-bond acceptors (Lipinski definition) is 1. The van der Waals surface area contributed by atoms with Crippen LogP contribution in [0, 0.1) is 29.1 Å². The van der Waals surface area contributed by atoms with Gasteiger partial charge in [0, 0.05) is 6.61 Å². The smallest absolute Gasteiger partial charge is 0.0473 e. The van der Waals surface area contributed by atoms with Gasteiger partial charge in [-0.1, -0.05) is 33.9 Å². The maximum Gasteiger partial charge on any atom is 0.0473 e. The van der Waals surface area contributed by atoms with E-state index in [1.165, 1.54) is 17.6 Å². The molecule has 4 unspecified atom stereocenters. The first kappa shape index (κ1) is 11.9. The number of allylic oxidation sites excluding steroid dienone is 2. The van der Waals surface area contributed by atoms with Crippen LogP contribution in [0.4, 0.5) is 0 Å². The topological polar surface area (TPSA) is 20.2 Å². The zero-order valence-electron chi connectivity index (χ0n) is 10.8. The van der Waals surface area contributed by atoms with Crippen molar-refractivity contribution in [1.29, 1.82) is 0 Å². The molecule has 4 atom stereocenters. The lowest BCUT2D eigenvalue weighted by Crippen LogP contribution is -2.39. The van der Waals surface area contributed by atoms with Crippen molar-refractivity contribution >= 4 is 0 Å². The Morgan fingerprint density at radius 2 is 2.06 bits per heavy atom. The fraction of sp³-hybridized carbons (Fsp3) is 0.733. The third kappa shape index (κ3) is 1.34. The highest BCUT2D eigenvalue weighted by Crippen LogP contribution is 2.62. The summed E-state index contributed by atoms with van der Waals surface area (Å²) in [5.74, 6) is 2.17. The van der Waals surface area contributed by atoms with Gasteiger partial charge in [0.25, 0.3) is 0 Å². The average molecular weight is 220 g/mol. The second-order valence-electron chi connectivity index (χ2n) is 6.18. The summed E-state index contributed by atoms with van der Waals surface area (Å²) in [6.45, 7) is 15.6. The lowest BCUT2D eigenvalue weighted by molar-refractivity contribution is 0.0337. The molecule has 0 aliphatic heterocycles. The molecule has 1 N–H and O–H groups in total. The summed E-state index contributed by atoms with van der Waals surface area (Å²) in [6.07, 6.45) is 2.42. The van der Waals surface area contributed by atoms with Crippen molar-refractivity contribution in [2.24, 2.45) is 29.1 Å². The van der Waals surface area contributed by atoms with Crippen LogP contribution in [0.15, 0.2) is 24.3 Å². The average Bonchev–Trinajstić information content (AvgIpc) is 2.35. The number of aliphatic hydroxyl groups is 1. The molecule has 16 heavy (non-hydrogen) atoms. The first-order chi connectivity index (χ1) is 7.43. The van der Waals surface area contributed by atoms with Crippen molar-refractivity contribution in [3.05, 3.63) is 24.3 Å². The molecule has 90 valence electrons. The Hall–Kier alpha value is -0.560. The minimum atomic E-state index is 0.113. The van der Waals surface area contributed by atoms with Crippen LogP contribution in [0.3, 0.4) is 0 Å². The normalized spacial score (nSPS) is 43.2. The molecule has 0 aromatic heterocycles. The molecule has 0 amide bonds. The Balaban J connectivity index is 2.41. The van der Waals surface area contributed by atoms with Gasteiger partial charge in [0.2, 0.25) is 0 Å². The third-order valence-corrected chi connectivity index (χ3v) is 5.24. The molecule has 2 aliphatic rings. The maximum atomic E-state index is 9.69. The SMILES string of the molecule is C=C1C(=C)C2(C)CCC(C(C)C)C1C2CO. The standard InChI is InChI=1S/C15H24O/c1-9(2)12-6-7-15(5)11(4)10(3)14(12)13(15)8-16/h9,12-14,16H,3-4,6-8H2,1-2,5H3. The third-order valence-electron chi connectivity index (χ3n) is 5.24. The molecule has 1 heteroatoms. The van der Waals surface area contributed by atoms with E-state index in [9.17, 15) is 5.11 Å². The number of hydrogen-bond donors (Lipinski definition) is 1. The summed E-state index contributed by atoms with van der Waals surface area (Å²) in [7, 11) is 0. The van der Waals surface area contributed by atoms with Crippen LogP contribution in [0.5, 0.6) is 0 Å². The highest BCUT2D eigenvalue weighted by atomic mass is 16.3. The van der Waals surface area contributed by atoms with E-state index in [0.29, 0.717) is 23.7 Å². The molecule has 2 aliphatic carbocycles. The van der Waals surface area contributed by atoms with Crippen molar-refractivity contribution in [2.75, 3.05) is 6.61 Å². The molecular weight excluding hydrogens is 196 g/mol. The van der Waals surface area contributed by atoms with Crippen molar-refractivity contribution in [3.8, 4) is 0 Å². The minimum absolute atomic E-state index is 0.113. The first-order valence-corrected chi connectivity index (χ1v) is 6.43. The molecule has 1 nitrogen and oxygen atoms in total. The van der Waals surface area contributed by atoms with Crippen LogP contribution in [0.2, 0.25) is 0 Å². The molecular formula is C15H24O. The minimum Gasteiger partial charge on any atom is -0.396 e. The molecule has 0 aromatic rings. The highest BCUT2D eigenvalue weighted by Gasteiger charge is 2.55. The van der Waals surface area contributed by atoms with E-state index in [-0.39, 0.29) is 12.0 Å². The van der Waals surface area contributed by atoms with Crippen molar-refractivity contribution < 1.29 is 5.11 Å². The van der Waals surface area contributed by atoms with Gasteiger partial charge in [-0.2, -0.15) is 0 Å². The van der Waals surface area contributed by atoms with Crippen LogP contribution in [-0.2, 0) is 0 Å². The second kappa shape index (κ2) is 3.73. The predicted molar refractivity (Wildman–Crippen MR) is 68.0 cm³/mol. The van der Waals surface area contributed by atoms with Gasteiger partial charge in [-0.25, -0.2) is 0 Å². The Bertz CT molecular complexity index is 328. The van der Waals surface area contributed by atoms with E-state index in [4.69, 9.17) is 0 Å². The monoisotopic (exact) mass is 220 g/mol. The van der Waals surface area contributed by atoms with Gasteiger partial charge in [-0.15, -0.1) is 0 Å². The lowest BCUT2D eigenvalue weighted by atomic mass is 9.62. The van der Waals surface area contributed by atoms with Crippen molar-refractivity contribution in [3.63, 3.8) is 0 Å². The summed E-state index contributed by atoms with van der Waals surface area (Å²) < 4.78 is 0. The molecule has 0 aromatic carbocycles. The van der Waals surface area contributed by atoms with Gasteiger partial charge in [0.05, 0.1) is 0 Å². The van der Waals surface area contributed by atoms with Crippen LogP contribution < -0.4 is 0 Å². The first-order valence-electron chi connectivity index (χ1n) is 6.43. The van der Waals surface area contributed by atoms with Crippen LogP contribution in [0.1, 0.15) is 33.6 Å². The Morgan fingerprint density at radius 1 is 1.44 bits per heavy atom. The quantitative estimate of drug-likeness (QED) is 0.756. The summed E-state index contributed by atoms with van der Waals surface area (Å²) >= 11 is 0. The molecule has 0 saturated heterocycles. The van der Waals surface area contributed by atoms with Gasteiger partial charge in [-0.05, 0) is 53.1 Å². The molecule has 0 radical (unpaired) electrons. The molecule has 2 rings (SSSR count). The van der Waals surface area contributed by atoms with E-state index < -0.39 is 0 Å². The van der Waals surface area contributed by atoms with Gasteiger partial charge >= 0.3 is 0 Å². The Labute approximate surface area is 99.3 Å². The summed E-state index contributed by atoms with van der Waals surface area (Å²) in [5.41, 5.74) is 2.54. The van der Waals surface area contributed by atoms with Gasteiger partial charge in [0.1, 0.15) is 0 Å². The predicted octanol–water partition coefficient (Wildman–Crippen LogP) is 3.41. The Morgan fingerprint density at radius 3 is 2.56 bits per heavy atom. The zero-order valence-corrected chi connectivity index (χ0v) is 10.8. The maximum absolute atomic E-state index is 9.69. The van der Waals surface area contributed by atoms with Crippen molar-refractivity contribution in [1.82, 2.24) is 0 Å². The number of rotatable bonds is 2. The second-order valence-corrected chi connectivity index (χ2v) is 6.18. The molecule has 2 bridgehead atoms. The van der Waals surface area contributed by atoms with E-state index in [1.807, 2.05) is 0 Å². The van der Waals surface area contributed by atoms with E-state index in [0.717, 1.165) is 6.42 Å². The molecule has 2 saturated carbocycles. The molecule has 0 heterocycles. The van der Waals surface area contributed by atoms with Gasteiger partial charge < -0.3 is 5.11 Å². The summed E-state index contributed by atoms with van der Waals surface area (Å²) in [5, 5.41) is 9.69. The van der Waals surface area contributed by atoms with Crippen LogP contribution >= 0.6 is 0 Å². The number of aliphatic hydroxyl groups excluding tert-OH is 1. The summed E-state index contributed by atoms with van der Waals surface area (Å²) in [4.78, 5) is 0. The molecule has 2 fully saturated rings. The van der Waals surface area contributed by atoms with E-state index in [2.05, 4.69) is 33.9 Å². The van der Waals surface area contributed by atoms with Crippen LogP contribution in [0.25, 0.3) is 0 Å². The van der Waals surface area contributed by atoms with Crippen LogP contribution in [-0.4, -0.2) is 11.7 Å². The highest BCUT2D eigenvalue weighted by molar-refractivity contribution is 5.43. The number of fused-ring (bicyclic) bond motifs is 2.